The number of imidazole rings is 1. The number of aromatic amines is 1. The third kappa shape index (κ3) is 2.25. The van der Waals surface area contributed by atoms with Crippen LogP contribution in [0.5, 0.6) is 0 Å². The van der Waals surface area contributed by atoms with Crippen molar-refractivity contribution in [3.63, 3.8) is 0 Å². The fraction of sp³-hybridized carbons (Fsp3) is 0. The predicted molar refractivity (Wildman–Crippen MR) is 86.4 cm³/mol. The maximum atomic E-state index is 4.54. The van der Waals surface area contributed by atoms with Gasteiger partial charge < -0.3 is 4.98 Å². The van der Waals surface area contributed by atoms with Crippen LogP contribution in [0.1, 0.15) is 0 Å². The molecule has 0 unspecified atom stereocenters. The summed E-state index contributed by atoms with van der Waals surface area (Å²) in [6, 6.07) is 16.1. The topological polar surface area (TPSA) is 46.5 Å². The molecule has 0 spiro atoms. The predicted octanol–water partition coefficient (Wildman–Crippen LogP) is 4.18. The van der Waals surface area contributed by atoms with Gasteiger partial charge in [-0.1, -0.05) is 40.2 Å². The fourth-order valence-electron chi connectivity index (χ4n) is 2.30. The zero-order valence-electron chi connectivity index (χ0n) is 11.0. The van der Waals surface area contributed by atoms with E-state index in [1.165, 1.54) is 0 Å². The molecule has 0 radical (unpaired) electrons. The number of nitrogens with zero attached hydrogens (tertiary/aromatic N) is 3. The van der Waals surface area contributed by atoms with Crippen molar-refractivity contribution in [2.24, 2.45) is 0 Å². The molecule has 0 saturated carbocycles. The number of aromatic nitrogens is 4. The van der Waals surface area contributed by atoms with Gasteiger partial charge in [0.2, 0.25) is 5.95 Å². The third-order valence-corrected chi connectivity index (χ3v) is 3.83. The smallest absolute Gasteiger partial charge is 0.229 e. The average Bonchev–Trinajstić information content (AvgIpc) is 3.14. The Hall–Kier alpha value is -2.40. The lowest BCUT2D eigenvalue weighted by Gasteiger charge is -1.97. The minimum Gasteiger partial charge on any atom is -0.322 e. The SMILES string of the molecule is Brc1cccc(-c2cnn(-c3nc4ccccc4[nH]3)c2)c1. The minimum absolute atomic E-state index is 0.720. The van der Waals surface area contributed by atoms with E-state index in [2.05, 4.69) is 43.1 Å². The Labute approximate surface area is 129 Å². The number of halogens is 1. The standard InChI is InChI=1S/C16H11BrN4/c17-13-5-3-4-11(8-13)12-9-18-21(10-12)16-19-14-6-1-2-7-15(14)20-16/h1-10H,(H,19,20). The van der Waals surface area contributed by atoms with E-state index in [4.69, 9.17) is 0 Å². The fourth-order valence-corrected chi connectivity index (χ4v) is 2.70. The highest BCUT2D eigenvalue weighted by Gasteiger charge is 2.07. The van der Waals surface area contributed by atoms with E-state index in [9.17, 15) is 0 Å². The number of benzene rings is 2. The van der Waals surface area contributed by atoms with Gasteiger partial charge in [-0.25, -0.2) is 9.67 Å². The van der Waals surface area contributed by atoms with Crippen LogP contribution in [0.3, 0.4) is 0 Å². The zero-order chi connectivity index (χ0) is 14.2. The highest BCUT2D eigenvalue weighted by molar-refractivity contribution is 9.10. The van der Waals surface area contributed by atoms with E-state index in [1.807, 2.05) is 48.8 Å². The maximum Gasteiger partial charge on any atom is 0.229 e. The molecule has 0 aliphatic heterocycles. The van der Waals surface area contributed by atoms with Gasteiger partial charge in [0.15, 0.2) is 0 Å². The molecular weight excluding hydrogens is 328 g/mol. The van der Waals surface area contributed by atoms with Gasteiger partial charge >= 0.3 is 0 Å². The molecule has 0 fully saturated rings. The van der Waals surface area contributed by atoms with Crippen LogP contribution in [0.2, 0.25) is 0 Å². The van der Waals surface area contributed by atoms with Gasteiger partial charge in [0, 0.05) is 16.2 Å². The molecule has 0 aliphatic rings. The van der Waals surface area contributed by atoms with E-state index in [-0.39, 0.29) is 0 Å². The van der Waals surface area contributed by atoms with E-state index in [0.717, 1.165) is 32.6 Å². The van der Waals surface area contributed by atoms with Crippen LogP contribution >= 0.6 is 15.9 Å². The van der Waals surface area contributed by atoms with Crippen LogP contribution in [0.25, 0.3) is 28.1 Å². The third-order valence-electron chi connectivity index (χ3n) is 3.33. The van der Waals surface area contributed by atoms with Crippen molar-refractivity contribution in [3.8, 4) is 17.1 Å². The van der Waals surface area contributed by atoms with Gasteiger partial charge in [0.1, 0.15) is 0 Å². The van der Waals surface area contributed by atoms with Crippen molar-refractivity contribution in [2.75, 3.05) is 0 Å². The summed E-state index contributed by atoms with van der Waals surface area (Å²) in [6.45, 7) is 0. The van der Waals surface area contributed by atoms with E-state index in [0.29, 0.717) is 0 Å². The molecule has 1 N–H and O–H groups in total. The van der Waals surface area contributed by atoms with Gasteiger partial charge in [-0.15, -0.1) is 0 Å². The number of H-pyrrole nitrogens is 1. The van der Waals surface area contributed by atoms with Crippen molar-refractivity contribution in [1.29, 1.82) is 0 Å². The number of fused-ring (bicyclic) bond motifs is 1. The van der Waals surface area contributed by atoms with Crippen molar-refractivity contribution in [3.05, 3.63) is 65.4 Å². The molecule has 0 atom stereocenters. The molecule has 0 saturated heterocycles. The normalized spacial score (nSPS) is 11.1. The van der Waals surface area contributed by atoms with E-state index < -0.39 is 0 Å². The summed E-state index contributed by atoms with van der Waals surface area (Å²) < 4.78 is 2.81. The van der Waals surface area contributed by atoms with Crippen LogP contribution in [0.4, 0.5) is 0 Å². The van der Waals surface area contributed by atoms with Crippen LogP contribution in [0.15, 0.2) is 65.4 Å². The van der Waals surface area contributed by atoms with Gasteiger partial charge in [0.25, 0.3) is 0 Å². The number of hydrogen-bond donors (Lipinski definition) is 1. The lowest BCUT2D eigenvalue weighted by molar-refractivity contribution is 0.829. The highest BCUT2D eigenvalue weighted by atomic mass is 79.9. The first-order valence-electron chi connectivity index (χ1n) is 6.55. The summed E-state index contributed by atoms with van der Waals surface area (Å²) >= 11 is 3.49. The molecule has 2 aromatic carbocycles. The monoisotopic (exact) mass is 338 g/mol. The number of para-hydroxylation sites is 2. The van der Waals surface area contributed by atoms with Crippen LogP contribution in [-0.4, -0.2) is 19.7 Å². The van der Waals surface area contributed by atoms with Crippen molar-refractivity contribution in [1.82, 2.24) is 19.7 Å². The molecular formula is C16H11BrN4. The summed E-state index contributed by atoms with van der Waals surface area (Å²) in [5, 5.41) is 4.40. The Balaban J connectivity index is 1.77. The van der Waals surface area contributed by atoms with Gasteiger partial charge in [-0.3, -0.25) is 0 Å². The minimum atomic E-state index is 0.720. The van der Waals surface area contributed by atoms with Crippen molar-refractivity contribution < 1.29 is 0 Å². The average molecular weight is 339 g/mol. The molecule has 2 aromatic heterocycles. The molecule has 2 heterocycles. The molecule has 5 heteroatoms. The molecule has 0 bridgehead atoms. The summed E-state index contributed by atoms with van der Waals surface area (Å²) in [5.41, 5.74) is 4.11. The van der Waals surface area contributed by atoms with E-state index >= 15 is 0 Å². The first kappa shape index (κ1) is 12.3. The molecule has 21 heavy (non-hydrogen) atoms. The van der Waals surface area contributed by atoms with Gasteiger partial charge in [0.05, 0.1) is 17.2 Å². The Morgan fingerprint density at radius 2 is 1.90 bits per heavy atom. The quantitative estimate of drug-likeness (QED) is 0.596. The highest BCUT2D eigenvalue weighted by Crippen LogP contribution is 2.23. The molecule has 4 rings (SSSR count). The second-order valence-corrected chi connectivity index (χ2v) is 5.68. The maximum absolute atomic E-state index is 4.54. The Kier molecular flexibility index (Phi) is 2.86. The largest absolute Gasteiger partial charge is 0.322 e. The molecule has 4 aromatic rings. The molecule has 4 nitrogen and oxygen atoms in total. The van der Waals surface area contributed by atoms with Crippen LogP contribution in [-0.2, 0) is 0 Å². The Morgan fingerprint density at radius 3 is 2.76 bits per heavy atom. The molecule has 102 valence electrons. The lowest BCUT2D eigenvalue weighted by atomic mass is 10.1. The first-order chi connectivity index (χ1) is 10.3. The Morgan fingerprint density at radius 1 is 1.00 bits per heavy atom. The first-order valence-corrected chi connectivity index (χ1v) is 7.35. The summed E-state index contributed by atoms with van der Waals surface area (Å²) in [5.74, 6) is 0.720. The zero-order valence-corrected chi connectivity index (χ0v) is 12.6. The number of nitrogens with one attached hydrogen (secondary N) is 1. The number of rotatable bonds is 2. The second-order valence-electron chi connectivity index (χ2n) is 4.76. The lowest BCUT2D eigenvalue weighted by Crippen LogP contribution is -1.95. The van der Waals surface area contributed by atoms with Crippen LogP contribution < -0.4 is 0 Å². The molecule has 0 aliphatic carbocycles. The van der Waals surface area contributed by atoms with Crippen molar-refractivity contribution in [2.45, 2.75) is 0 Å². The molecule has 0 amide bonds. The van der Waals surface area contributed by atoms with Gasteiger partial charge in [-0.05, 0) is 29.8 Å². The Bertz CT molecular complexity index is 890. The van der Waals surface area contributed by atoms with Gasteiger partial charge in [-0.2, -0.15) is 5.10 Å². The number of hydrogen-bond acceptors (Lipinski definition) is 2. The summed E-state index contributed by atoms with van der Waals surface area (Å²) in [7, 11) is 0. The summed E-state index contributed by atoms with van der Waals surface area (Å²) in [4.78, 5) is 7.81. The second kappa shape index (κ2) is 4.86. The van der Waals surface area contributed by atoms with Crippen molar-refractivity contribution >= 4 is 27.0 Å². The van der Waals surface area contributed by atoms with Crippen LogP contribution in [0, 0.1) is 0 Å². The summed E-state index contributed by atoms with van der Waals surface area (Å²) in [6.07, 6.45) is 3.81. The van der Waals surface area contributed by atoms with E-state index in [1.54, 1.807) is 4.68 Å².